The summed E-state index contributed by atoms with van der Waals surface area (Å²) in [6.07, 6.45) is 2.26. The fraction of sp³-hybridized carbons (Fsp3) is 0.250. The van der Waals surface area contributed by atoms with Gasteiger partial charge in [-0.1, -0.05) is 17.7 Å². The van der Waals surface area contributed by atoms with Crippen LogP contribution in [0.5, 0.6) is 0 Å². The van der Waals surface area contributed by atoms with Gasteiger partial charge in [0.1, 0.15) is 5.82 Å². The second-order valence-corrected chi connectivity index (χ2v) is 6.96. The number of nitrogens with zero attached hydrogens (tertiary/aromatic N) is 2. The molecule has 0 bridgehead atoms. The highest BCUT2D eigenvalue weighted by Gasteiger charge is 2.22. The van der Waals surface area contributed by atoms with Gasteiger partial charge in [-0.05, 0) is 42.0 Å². The minimum absolute atomic E-state index is 0.125. The number of carbonyl (C=O) groups excluding carboxylic acids is 1. The molecule has 1 aromatic heterocycles. The molecule has 4 nitrogen and oxygen atoms in total. The Hall–Kier alpha value is -2.53. The van der Waals surface area contributed by atoms with Gasteiger partial charge in [-0.2, -0.15) is 0 Å². The highest BCUT2D eigenvalue weighted by atomic mass is 35.5. The zero-order chi connectivity index (χ0) is 18.1. The summed E-state index contributed by atoms with van der Waals surface area (Å²) in [6.45, 7) is 2.84. The van der Waals surface area contributed by atoms with E-state index >= 15 is 0 Å². The van der Waals surface area contributed by atoms with Crippen LogP contribution in [0.15, 0.2) is 48.7 Å². The predicted octanol–water partition coefficient (Wildman–Crippen LogP) is 3.85. The first-order chi connectivity index (χ1) is 12.6. The number of piperazine rings is 1. The Morgan fingerprint density at radius 3 is 2.54 bits per heavy atom. The molecule has 1 aliphatic rings. The molecular formula is C20H19ClFN3O. The highest BCUT2D eigenvalue weighted by molar-refractivity contribution is 6.31. The Morgan fingerprint density at radius 1 is 1.08 bits per heavy atom. The van der Waals surface area contributed by atoms with E-state index in [0.29, 0.717) is 24.5 Å². The molecule has 134 valence electrons. The van der Waals surface area contributed by atoms with Gasteiger partial charge in [0.05, 0.1) is 6.42 Å². The normalized spacial score (nSPS) is 14.8. The quantitative estimate of drug-likeness (QED) is 0.759. The van der Waals surface area contributed by atoms with Crippen molar-refractivity contribution in [3.8, 4) is 0 Å². The minimum Gasteiger partial charge on any atom is -0.368 e. The zero-order valence-electron chi connectivity index (χ0n) is 14.2. The first-order valence-corrected chi connectivity index (χ1v) is 9.02. The van der Waals surface area contributed by atoms with Crippen LogP contribution in [-0.4, -0.2) is 42.0 Å². The van der Waals surface area contributed by atoms with Crippen molar-refractivity contribution < 1.29 is 9.18 Å². The summed E-state index contributed by atoms with van der Waals surface area (Å²) in [6, 6.07) is 12.2. The van der Waals surface area contributed by atoms with Crippen molar-refractivity contribution in [1.82, 2.24) is 9.88 Å². The van der Waals surface area contributed by atoms with Crippen molar-refractivity contribution in [3.63, 3.8) is 0 Å². The van der Waals surface area contributed by atoms with Crippen molar-refractivity contribution in [1.29, 1.82) is 0 Å². The van der Waals surface area contributed by atoms with Gasteiger partial charge in [-0.3, -0.25) is 4.79 Å². The number of aromatic amines is 1. The summed E-state index contributed by atoms with van der Waals surface area (Å²) >= 11 is 6.01. The fourth-order valence-electron chi connectivity index (χ4n) is 3.45. The molecular weight excluding hydrogens is 353 g/mol. The number of aromatic nitrogens is 1. The second kappa shape index (κ2) is 7.00. The van der Waals surface area contributed by atoms with Gasteiger partial charge in [-0.25, -0.2) is 4.39 Å². The highest BCUT2D eigenvalue weighted by Crippen LogP contribution is 2.23. The molecule has 0 unspecified atom stereocenters. The molecule has 0 aliphatic carbocycles. The lowest BCUT2D eigenvalue weighted by Gasteiger charge is -2.36. The first-order valence-electron chi connectivity index (χ1n) is 8.64. The number of H-pyrrole nitrogens is 1. The number of halogens is 2. The van der Waals surface area contributed by atoms with Crippen LogP contribution in [0.4, 0.5) is 10.1 Å². The molecule has 2 aromatic carbocycles. The van der Waals surface area contributed by atoms with E-state index in [1.165, 1.54) is 12.1 Å². The van der Waals surface area contributed by atoms with Crippen molar-refractivity contribution in [2.45, 2.75) is 6.42 Å². The van der Waals surface area contributed by atoms with E-state index in [0.717, 1.165) is 35.2 Å². The molecule has 1 saturated heterocycles. The van der Waals surface area contributed by atoms with Crippen LogP contribution in [0.3, 0.4) is 0 Å². The first kappa shape index (κ1) is 16.9. The van der Waals surface area contributed by atoms with Crippen LogP contribution >= 0.6 is 11.6 Å². The molecule has 0 saturated carbocycles. The van der Waals surface area contributed by atoms with Gasteiger partial charge in [0, 0.05) is 54.0 Å². The van der Waals surface area contributed by atoms with E-state index in [9.17, 15) is 9.18 Å². The van der Waals surface area contributed by atoms with Crippen LogP contribution in [0.1, 0.15) is 5.56 Å². The van der Waals surface area contributed by atoms with E-state index in [4.69, 9.17) is 11.6 Å². The second-order valence-electron chi connectivity index (χ2n) is 6.52. The molecule has 4 rings (SSSR count). The molecule has 26 heavy (non-hydrogen) atoms. The molecule has 6 heteroatoms. The summed E-state index contributed by atoms with van der Waals surface area (Å²) in [4.78, 5) is 19.9. The third-order valence-corrected chi connectivity index (χ3v) is 5.13. The van der Waals surface area contributed by atoms with Gasteiger partial charge in [0.25, 0.3) is 0 Å². The van der Waals surface area contributed by atoms with Crippen molar-refractivity contribution in [2.24, 2.45) is 0 Å². The minimum atomic E-state index is -0.234. The molecule has 0 atom stereocenters. The maximum absolute atomic E-state index is 13.1. The van der Waals surface area contributed by atoms with Gasteiger partial charge in [0.15, 0.2) is 0 Å². The molecule has 1 aliphatic heterocycles. The molecule has 3 aromatic rings. The van der Waals surface area contributed by atoms with Crippen LogP contribution < -0.4 is 4.90 Å². The summed E-state index contributed by atoms with van der Waals surface area (Å²) in [5.41, 5.74) is 2.93. The Labute approximate surface area is 156 Å². The Bertz CT molecular complexity index is 930. The van der Waals surface area contributed by atoms with Gasteiger partial charge < -0.3 is 14.8 Å². The third-order valence-electron chi connectivity index (χ3n) is 4.90. The lowest BCUT2D eigenvalue weighted by atomic mass is 10.1. The smallest absolute Gasteiger partial charge is 0.227 e. The van der Waals surface area contributed by atoms with Gasteiger partial charge in [-0.15, -0.1) is 0 Å². The number of anilines is 1. The maximum atomic E-state index is 13.1. The summed E-state index contributed by atoms with van der Waals surface area (Å²) < 4.78 is 13.1. The SMILES string of the molecule is O=C(Cc1c[nH]c2cc(Cl)ccc12)N1CCN(c2ccc(F)cc2)CC1. The number of amides is 1. The third kappa shape index (κ3) is 3.40. The largest absolute Gasteiger partial charge is 0.368 e. The number of nitrogens with one attached hydrogen (secondary N) is 1. The van der Waals surface area contributed by atoms with E-state index in [-0.39, 0.29) is 11.7 Å². The number of rotatable bonds is 3. The van der Waals surface area contributed by atoms with Gasteiger partial charge >= 0.3 is 0 Å². The number of hydrogen-bond acceptors (Lipinski definition) is 2. The molecule has 1 amide bonds. The topological polar surface area (TPSA) is 39.3 Å². The van der Waals surface area contributed by atoms with Crippen LogP contribution in [0, 0.1) is 5.82 Å². The van der Waals surface area contributed by atoms with Crippen LogP contribution in [-0.2, 0) is 11.2 Å². The summed E-state index contributed by atoms with van der Waals surface area (Å²) in [5, 5.41) is 1.71. The van der Waals surface area contributed by atoms with Crippen LogP contribution in [0.25, 0.3) is 10.9 Å². The monoisotopic (exact) mass is 371 g/mol. The molecule has 1 fully saturated rings. The lowest BCUT2D eigenvalue weighted by molar-refractivity contribution is -0.130. The lowest BCUT2D eigenvalue weighted by Crippen LogP contribution is -2.49. The van der Waals surface area contributed by atoms with Gasteiger partial charge in [0.2, 0.25) is 5.91 Å². The van der Waals surface area contributed by atoms with Crippen molar-refractivity contribution >= 4 is 34.1 Å². The maximum Gasteiger partial charge on any atom is 0.227 e. The Balaban J connectivity index is 1.39. The Kier molecular flexibility index (Phi) is 4.55. The van der Waals surface area contributed by atoms with E-state index in [1.807, 2.05) is 29.3 Å². The molecule has 1 N–H and O–H groups in total. The van der Waals surface area contributed by atoms with Crippen molar-refractivity contribution in [2.75, 3.05) is 31.1 Å². The average molecular weight is 372 g/mol. The molecule has 0 radical (unpaired) electrons. The van der Waals surface area contributed by atoms with E-state index in [1.54, 1.807) is 12.1 Å². The zero-order valence-corrected chi connectivity index (χ0v) is 15.0. The van der Waals surface area contributed by atoms with Crippen LogP contribution in [0.2, 0.25) is 5.02 Å². The number of fused-ring (bicyclic) bond motifs is 1. The number of carbonyl (C=O) groups is 1. The standard InChI is InChI=1S/C20H19ClFN3O/c21-15-1-6-18-14(13-23-19(18)12-15)11-20(26)25-9-7-24(8-10-25)17-4-2-16(22)3-5-17/h1-6,12-13,23H,7-11H2. The van der Waals surface area contributed by atoms with E-state index < -0.39 is 0 Å². The molecule has 2 heterocycles. The van der Waals surface area contributed by atoms with E-state index in [2.05, 4.69) is 9.88 Å². The summed E-state index contributed by atoms with van der Waals surface area (Å²) in [7, 11) is 0. The fourth-order valence-corrected chi connectivity index (χ4v) is 3.62. The number of hydrogen-bond donors (Lipinski definition) is 1. The average Bonchev–Trinajstić information content (AvgIpc) is 3.04. The predicted molar refractivity (Wildman–Crippen MR) is 102 cm³/mol. The Morgan fingerprint density at radius 2 is 1.81 bits per heavy atom. The summed E-state index contributed by atoms with van der Waals surface area (Å²) in [5.74, 6) is -0.109. The number of benzene rings is 2. The molecule has 0 spiro atoms. The van der Waals surface area contributed by atoms with Crippen molar-refractivity contribution in [3.05, 3.63) is 65.1 Å².